The summed E-state index contributed by atoms with van der Waals surface area (Å²) in [5, 5.41) is 5.86. The second-order valence-corrected chi connectivity index (χ2v) is 6.79. The smallest absolute Gasteiger partial charge is 0.259 e. The van der Waals surface area contributed by atoms with Crippen LogP contribution >= 0.6 is 0 Å². The van der Waals surface area contributed by atoms with Gasteiger partial charge in [-0.1, -0.05) is 37.5 Å². The van der Waals surface area contributed by atoms with E-state index in [1.807, 2.05) is 25.1 Å². The lowest BCUT2D eigenvalue weighted by atomic mass is 9.88. The Kier molecular flexibility index (Phi) is 6.47. The molecule has 2 aromatic rings. The van der Waals surface area contributed by atoms with Crippen molar-refractivity contribution in [3.8, 4) is 5.75 Å². The molecule has 1 aliphatic carbocycles. The van der Waals surface area contributed by atoms with E-state index in [-0.39, 0.29) is 17.7 Å². The highest BCUT2D eigenvalue weighted by Crippen LogP contribution is 2.26. The summed E-state index contributed by atoms with van der Waals surface area (Å²) in [6.07, 6.45) is 5.36. The molecule has 0 atom stereocenters. The molecule has 142 valence electrons. The molecule has 2 aromatic carbocycles. The first kappa shape index (κ1) is 19.0. The Balaban J connectivity index is 1.67. The Morgan fingerprint density at radius 1 is 0.963 bits per heavy atom. The molecule has 0 heterocycles. The van der Waals surface area contributed by atoms with Gasteiger partial charge in [-0.15, -0.1) is 0 Å². The van der Waals surface area contributed by atoms with Gasteiger partial charge in [0.2, 0.25) is 5.91 Å². The van der Waals surface area contributed by atoms with E-state index < -0.39 is 0 Å². The van der Waals surface area contributed by atoms with Gasteiger partial charge < -0.3 is 15.4 Å². The standard InChI is InChI=1S/C22H26N2O3/c1-2-27-20-14-7-6-13-19(20)22(26)24-18-12-8-11-17(15-18)23-21(25)16-9-4-3-5-10-16/h6-8,11-16H,2-5,9-10H2,1H3,(H,23,25)(H,24,26). The molecule has 0 radical (unpaired) electrons. The van der Waals surface area contributed by atoms with Gasteiger partial charge in [0.05, 0.1) is 12.2 Å². The molecule has 2 N–H and O–H groups in total. The third-order valence-corrected chi connectivity index (χ3v) is 4.80. The normalized spacial score (nSPS) is 14.4. The van der Waals surface area contributed by atoms with Gasteiger partial charge in [-0.25, -0.2) is 0 Å². The van der Waals surface area contributed by atoms with Crippen LogP contribution in [-0.4, -0.2) is 18.4 Å². The summed E-state index contributed by atoms with van der Waals surface area (Å²) >= 11 is 0. The number of hydrogen-bond donors (Lipinski definition) is 2. The molecule has 0 spiro atoms. The van der Waals surface area contributed by atoms with Crippen molar-refractivity contribution in [2.45, 2.75) is 39.0 Å². The van der Waals surface area contributed by atoms with Crippen LogP contribution in [-0.2, 0) is 4.79 Å². The Labute approximate surface area is 160 Å². The third-order valence-electron chi connectivity index (χ3n) is 4.80. The first-order valence-electron chi connectivity index (χ1n) is 9.61. The van der Waals surface area contributed by atoms with E-state index in [0.29, 0.717) is 29.3 Å². The molecule has 1 fully saturated rings. The van der Waals surface area contributed by atoms with E-state index in [1.54, 1.807) is 30.3 Å². The molecule has 1 saturated carbocycles. The minimum atomic E-state index is -0.241. The van der Waals surface area contributed by atoms with Crippen LogP contribution in [0.1, 0.15) is 49.4 Å². The SMILES string of the molecule is CCOc1ccccc1C(=O)Nc1cccc(NC(=O)C2CCCCC2)c1. The number of benzene rings is 2. The predicted molar refractivity (Wildman–Crippen MR) is 107 cm³/mol. The highest BCUT2D eigenvalue weighted by Gasteiger charge is 2.21. The molecule has 0 aromatic heterocycles. The second-order valence-electron chi connectivity index (χ2n) is 6.79. The third kappa shape index (κ3) is 5.09. The van der Waals surface area contributed by atoms with Crippen molar-refractivity contribution in [3.63, 3.8) is 0 Å². The monoisotopic (exact) mass is 366 g/mol. The van der Waals surface area contributed by atoms with E-state index in [4.69, 9.17) is 4.74 Å². The quantitative estimate of drug-likeness (QED) is 0.767. The summed E-state index contributed by atoms with van der Waals surface area (Å²) in [6.45, 7) is 2.38. The average molecular weight is 366 g/mol. The summed E-state index contributed by atoms with van der Waals surface area (Å²) < 4.78 is 5.52. The molecule has 5 nitrogen and oxygen atoms in total. The minimum absolute atomic E-state index is 0.0693. The zero-order valence-corrected chi connectivity index (χ0v) is 15.7. The van der Waals surface area contributed by atoms with Crippen molar-refractivity contribution in [1.29, 1.82) is 0 Å². The molecular weight excluding hydrogens is 340 g/mol. The zero-order valence-electron chi connectivity index (χ0n) is 15.7. The molecule has 0 saturated heterocycles. The summed E-state index contributed by atoms with van der Waals surface area (Å²) in [7, 11) is 0. The molecule has 0 aliphatic heterocycles. The Morgan fingerprint density at radius 2 is 1.67 bits per heavy atom. The first-order valence-corrected chi connectivity index (χ1v) is 9.61. The number of carbonyl (C=O) groups is 2. The van der Waals surface area contributed by atoms with E-state index in [1.165, 1.54) is 6.42 Å². The maximum Gasteiger partial charge on any atom is 0.259 e. The fraction of sp³-hybridized carbons (Fsp3) is 0.364. The number of nitrogens with one attached hydrogen (secondary N) is 2. The maximum absolute atomic E-state index is 12.6. The number of rotatable bonds is 6. The number of amides is 2. The average Bonchev–Trinajstić information content (AvgIpc) is 2.69. The van der Waals surface area contributed by atoms with Crippen molar-refractivity contribution in [2.75, 3.05) is 17.2 Å². The van der Waals surface area contributed by atoms with E-state index in [2.05, 4.69) is 10.6 Å². The van der Waals surface area contributed by atoms with Crippen LogP contribution in [0.25, 0.3) is 0 Å². The summed E-state index contributed by atoms with van der Waals surface area (Å²) in [5.74, 6) is 0.476. The summed E-state index contributed by atoms with van der Waals surface area (Å²) in [6, 6.07) is 14.4. The van der Waals surface area contributed by atoms with Gasteiger partial charge >= 0.3 is 0 Å². The van der Waals surface area contributed by atoms with Crippen LogP contribution in [0, 0.1) is 5.92 Å². The van der Waals surface area contributed by atoms with Crippen molar-refractivity contribution >= 4 is 23.2 Å². The van der Waals surface area contributed by atoms with Crippen LogP contribution < -0.4 is 15.4 Å². The van der Waals surface area contributed by atoms with Gasteiger partial charge in [0.1, 0.15) is 5.75 Å². The Morgan fingerprint density at radius 3 is 2.41 bits per heavy atom. The summed E-state index contributed by atoms with van der Waals surface area (Å²) in [4.78, 5) is 25.0. The molecule has 0 unspecified atom stereocenters. The van der Waals surface area contributed by atoms with Gasteiger partial charge in [0.15, 0.2) is 0 Å². The fourth-order valence-electron chi connectivity index (χ4n) is 3.42. The van der Waals surface area contributed by atoms with Crippen molar-refractivity contribution in [2.24, 2.45) is 5.92 Å². The second kappa shape index (κ2) is 9.21. The zero-order chi connectivity index (χ0) is 19.1. The van der Waals surface area contributed by atoms with E-state index in [0.717, 1.165) is 25.7 Å². The topological polar surface area (TPSA) is 67.4 Å². The lowest BCUT2D eigenvalue weighted by molar-refractivity contribution is -0.120. The van der Waals surface area contributed by atoms with Crippen molar-refractivity contribution in [3.05, 3.63) is 54.1 Å². The maximum atomic E-state index is 12.6. The molecular formula is C22H26N2O3. The van der Waals surface area contributed by atoms with Crippen LogP contribution in [0.15, 0.2) is 48.5 Å². The fourth-order valence-corrected chi connectivity index (χ4v) is 3.42. The molecule has 2 amide bonds. The van der Waals surface area contributed by atoms with Gasteiger partial charge in [0, 0.05) is 17.3 Å². The Hall–Kier alpha value is -2.82. The molecule has 0 bridgehead atoms. The molecule has 1 aliphatic rings. The predicted octanol–water partition coefficient (Wildman–Crippen LogP) is 4.86. The van der Waals surface area contributed by atoms with Gasteiger partial charge in [0.25, 0.3) is 5.91 Å². The van der Waals surface area contributed by atoms with Gasteiger partial charge in [-0.3, -0.25) is 9.59 Å². The van der Waals surface area contributed by atoms with E-state index in [9.17, 15) is 9.59 Å². The van der Waals surface area contributed by atoms with Crippen molar-refractivity contribution < 1.29 is 14.3 Å². The minimum Gasteiger partial charge on any atom is -0.493 e. The van der Waals surface area contributed by atoms with Crippen LogP contribution in [0.5, 0.6) is 5.75 Å². The first-order chi connectivity index (χ1) is 13.2. The van der Waals surface area contributed by atoms with Crippen LogP contribution in [0.3, 0.4) is 0 Å². The lowest BCUT2D eigenvalue weighted by Crippen LogP contribution is -2.24. The number of hydrogen-bond acceptors (Lipinski definition) is 3. The molecule has 5 heteroatoms. The van der Waals surface area contributed by atoms with Crippen LogP contribution in [0.2, 0.25) is 0 Å². The van der Waals surface area contributed by atoms with Gasteiger partial charge in [-0.2, -0.15) is 0 Å². The number of carbonyl (C=O) groups excluding carboxylic acids is 2. The molecule has 27 heavy (non-hydrogen) atoms. The Bertz CT molecular complexity index is 798. The number of para-hydroxylation sites is 1. The highest BCUT2D eigenvalue weighted by atomic mass is 16.5. The largest absolute Gasteiger partial charge is 0.493 e. The molecule has 3 rings (SSSR count). The number of ether oxygens (including phenoxy) is 1. The van der Waals surface area contributed by atoms with E-state index >= 15 is 0 Å². The lowest BCUT2D eigenvalue weighted by Gasteiger charge is -2.21. The number of anilines is 2. The highest BCUT2D eigenvalue weighted by molar-refractivity contribution is 6.06. The summed E-state index contributed by atoms with van der Waals surface area (Å²) in [5.41, 5.74) is 1.81. The van der Waals surface area contributed by atoms with Gasteiger partial charge in [-0.05, 0) is 50.1 Å². The van der Waals surface area contributed by atoms with Crippen LogP contribution in [0.4, 0.5) is 11.4 Å². The van der Waals surface area contributed by atoms with Crippen molar-refractivity contribution in [1.82, 2.24) is 0 Å².